The maximum absolute atomic E-state index is 2.09. The largest absolute Gasteiger partial charge is 0.0606 e. The van der Waals surface area contributed by atoms with Gasteiger partial charge in [-0.1, -0.05) is 43.2 Å². The second-order valence-electron chi connectivity index (χ2n) is 0.929. The van der Waals surface area contributed by atoms with E-state index in [0.717, 1.165) is 0 Å². The molecule has 0 nitrogen and oxygen atoms in total. The molecule has 4 heteroatoms. The summed E-state index contributed by atoms with van der Waals surface area (Å²) in [6.07, 6.45) is 0. The van der Waals surface area contributed by atoms with E-state index in [2.05, 4.69) is 21.6 Å². The summed E-state index contributed by atoms with van der Waals surface area (Å²) in [6, 6.07) is 0. The van der Waals surface area contributed by atoms with Crippen LogP contribution in [0.4, 0.5) is 0 Å². The zero-order valence-electron chi connectivity index (χ0n) is 3.94. The Hall–Kier alpha value is 0.880. The van der Waals surface area contributed by atoms with Gasteiger partial charge in [-0.25, -0.2) is 0 Å². The Kier molecular flexibility index (Phi) is 4.13. The molecular weight excluding hydrogens is 176 g/mol. The quantitative estimate of drug-likeness (QED) is 0.521. The zero-order chi connectivity index (χ0) is 5.66. The van der Waals surface area contributed by atoms with Gasteiger partial charge in [-0.05, 0) is 21.6 Å². The van der Waals surface area contributed by atoms with Crippen LogP contribution in [0.1, 0.15) is 0 Å². The molecule has 0 saturated carbocycles. The van der Waals surface area contributed by atoms with Crippen molar-refractivity contribution < 1.29 is 0 Å². The van der Waals surface area contributed by atoms with Crippen molar-refractivity contribution in [3.63, 3.8) is 0 Å². The predicted molar refractivity (Wildman–Crippen MR) is 48.6 cm³/mol. The molecule has 0 fully saturated rings. The van der Waals surface area contributed by atoms with Crippen molar-refractivity contribution in [2.75, 3.05) is 0 Å². The third-order valence-electron chi connectivity index (χ3n) is 0.444. The second kappa shape index (κ2) is 4.73. The number of hydrogen-bond acceptors (Lipinski definition) is 4. The second-order valence-corrected chi connectivity index (χ2v) is 5.10. The minimum atomic E-state index is 1.74. The molecule has 1 aliphatic rings. The molecule has 0 spiro atoms. The monoisotopic (exact) mass is 180 g/mol. The smallest absolute Gasteiger partial charge is 0.0106 e. The van der Waals surface area contributed by atoms with Gasteiger partial charge in [0, 0.05) is 0 Å². The van der Waals surface area contributed by atoms with Crippen LogP contribution in [0.25, 0.3) is 0 Å². The normalized spacial score (nSPS) is 28.0. The third-order valence-corrected chi connectivity index (χ3v) is 4.00. The zero-order valence-corrected chi connectivity index (χ0v) is 7.21. The van der Waals surface area contributed by atoms with E-state index in [0.29, 0.717) is 0 Å². The number of hydrogen-bond donors (Lipinski definition) is 0. The van der Waals surface area contributed by atoms with E-state index < -0.39 is 0 Å². The Labute approximate surface area is 64.7 Å². The van der Waals surface area contributed by atoms with E-state index in [1.54, 1.807) is 43.2 Å². The van der Waals surface area contributed by atoms with E-state index in [1.807, 2.05) is 0 Å². The highest BCUT2D eigenvalue weighted by Gasteiger charge is 1.83. The summed E-state index contributed by atoms with van der Waals surface area (Å²) in [6.45, 7) is 0. The molecule has 0 aromatic carbocycles. The van der Waals surface area contributed by atoms with Crippen molar-refractivity contribution in [1.82, 2.24) is 0 Å². The van der Waals surface area contributed by atoms with E-state index in [1.165, 1.54) is 0 Å². The summed E-state index contributed by atoms with van der Waals surface area (Å²) < 4.78 is 0. The standard InChI is InChI=1S/C4H4S4/c1-2-6-8-4-3-7-5-1/h1-4H/b2-1-,4-3-. The van der Waals surface area contributed by atoms with Crippen LogP contribution in [0.3, 0.4) is 0 Å². The van der Waals surface area contributed by atoms with Crippen molar-refractivity contribution in [3.8, 4) is 0 Å². The molecule has 0 amide bonds. The van der Waals surface area contributed by atoms with E-state index in [4.69, 9.17) is 0 Å². The predicted octanol–water partition coefficient (Wildman–Crippen LogP) is 3.71. The van der Waals surface area contributed by atoms with Crippen LogP contribution in [0, 0.1) is 0 Å². The van der Waals surface area contributed by atoms with Crippen LogP contribution < -0.4 is 0 Å². The fourth-order valence-corrected chi connectivity index (χ4v) is 3.60. The molecule has 0 radical (unpaired) electrons. The van der Waals surface area contributed by atoms with Gasteiger partial charge in [-0.3, -0.25) is 0 Å². The molecule has 1 aliphatic heterocycles. The summed E-state index contributed by atoms with van der Waals surface area (Å²) in [7, 11) is 6.98. The molecule has 0 atom stereocenters. The maximum atomic E-state index is 2.09. The first-order valence-electron chi connectivity index (χ1n) is 1.94. The van der Waals surface area contributed by atoms with Gasteiger partial charge in [0.1, 0.15) is 0 Å². The molecule has 44 valence electrons. The molecule has 8 heavy (non-hydrogen) atoms. The molecule has 0 aliphatic carbocycles. The molecule has 0 aromatic rings. The van der Waals surface area contributed by atoms with Gasteiger partial charge < -0.3 is 0 Å². The van der Waals surface area contributed by atoms with Crippen LogP contribution in [0.15, 0.2) is 21.6 Å². The first-order chi connectivity index (χ1) is 4.00. The van der Waals surface area contributed by atoms with Crippen molar-refractivity contribution in [3.05, 3.63) is 21.6 Å². The Morgan fingerprint density at radius 3 is 1.00 bits per heavy atom. The van der Waals surface area contributed by atoms with Gasteiger partial charge in [-0.15, -0.1) is 0 Å². The average molecular weight is 180 g/mol. The summed E-state index contributed by atoms with van der Waals surface area (Å²) in [4.78, 5) is 0. The van der Waals surface area contributed by atoms with Crippen molar-refractivity contribution in [1.29, 1.82) is 0 Å². The average Bonchev–Trinajstić information content (AvgIpc) is 1.62. The van der Waals surface area contributed by atoms with Crippen LogP contribution >= 0.6 is 43.2 Å². The summed E-state index contributed by atoms with van der Waals surface area (Å²) in [5, 5.41) is 8.36. The first-order valence-corrected chi connectivity index (χ1v) is 6.50. The van der Waals surface area contributed by atoms with Crippen LogP contribution in [-0.2, 0) is 0 Å². The fraction of sp³-hybridized carbons (Fsp3) is 0. The van der Waals surface area contributed by atoms with Crippen molar-refractivity contribution >= 4 is 43.2 Å². The molecular formula is C4H4S4. The van der Waals surface area contributed by atoms with Gasteiger partial charge in [0.05, 0.1) is 0 Å². The van der Waals surface area contributed by atoms with E-state index in [-0.39, 0.29) is 0 Å². The van der Waals surface area contributed by atoms with Gasteiger partial charge in [0.15, 0.2) is 0 Å². The van der Waals surface area contributed by atoms with Crippen molar-refractivity contribution in [2.24, 2.45) is 0 Å². The van der Waals surface area contributed by atoms with Crippen LogP contribution in [0.2, 0.25) is 0 Å². The lowest BCUT2D eigenvalue weighted by atomic mass is 11.3. The lowest BCUT2D eigenvalue weighted by molar-refractivity contribution is 2.56. The van der Waals surface area contributed by atoms with Crippen LogP contribution in [0.5, 0.6) is 0 Å². The lowest BCUT2D eigenvalue weighted by Gasteiger charge is -1.90. The van der Waals surface area contributed by atoms with Gasteiger partial charge >= 0.3 is 0 Å². The molecule has 1 heterocycles. The topological polar surface area (TPSA) is 0 Å². The Morgan fingerprint density at radius 2 is 0.750 bits per heavy atom. The Bertz CT molecular complexity index is 80.6. The lowest BCUT2D eigenvalue weighted by Crippen LogP contribution is -1.46. The summed E-state index contributed by atoms with van der Waals surface area (Å²) in [5.41, 5.74) is 0. The third kappa shape index (κ3) is 3.02. The van der Waals surface area contributed by atoms with Gasteiger partial charge in [0.2, 0.25) is 0 Å². The first kappa shape index (κ1) is 6.99. The minimum absolute atomic E-state index is 1.74. The molecule has 0 bridgehead atoms. The molecule has 0 N–H and O–H groups in total. The van der Waals surface area contributed by atoms with E-state index >= 15 is 0 Å². The van der Waals surface area contributed by atoms with Gasteiger partial charge in [-0.2, -0.15) is 0 Å². The Balaban J connectivity index is 2.29. The molecule has 0 unspecified atom stereocenters. The minimum Gasteiger partial charge on any atom is -0.0606 e. The molecule has 1 rings (SSSR count). The SMILES string of the molecule is C1=C\SS/C=C\SS/1. The number of rotatable bonds is 0. The summed E-state index contributed by atoms with van der Waals surface area (Å²) in [5.74, 6) is 0. The maximum Gasteiger partial charge on any atom is -0.0106 e. The van der Waals surface area contributed by atoms with Gasteiger partial charge in [0.25, 0.3) is 0 Å². The molecule has 0 aromatic heterocycles. The van der Waals surface area contributed by atoms with E-state index in [9.17, 15) is 0 Å². The fourth-order valence-electron chi connectivity index (χ4n) is 0.219. The van der Waals surface area contributed by atoms with Crippen molar-refractivity contribution in [2.45, 2.75) is 0 Å². The highest BCUT2D eigenvalue weighted by Crippen LogP contribution is 2.33. The Morgan fingerprint density at radius 1 is 0.500 bits per heavy atom. The summed E-state index contributed by atoms with van der Waals surface area (Å²) >= 11 is 0. The van der Waals surface area contributed by atoms with Crippen LogP contribution in [-0.4, -0.2) is 0 Å². The highest BCUT2D eigenvalue weighted by molar-refractivity contribution is 8.81. The molecule has 0 saturated heterocycles. The highest BCUT2D eigenvalue weighted by atomic mass is 33.1.